The first kappa shape index (κ1) is 53.4. The Hall–Kier alpha value is -5.23. The molecular weight excluding hydrogens is 1020 g/mol. The molecule has 8 N–H and O–H groups in total. The van der Waals surface area contributed by atoms with Crippen LogP contribution in [0, 0.1) is 47.4 Å². The summed E-state index contributed by atoms with van der Waals surface area (Å²) in [6, 6.07) is 8.09. The van der Waals surface area contributed by atoms with E-state index in [1.165, 1.54) is 19.8 Å². The van der Waals surface area contributed by atoms with Gasteiger partial charge in [-0.25, -0.2) is 0 Å². The van der Waals surface area contributed by atoms with Gasteiger partial charge < -0.3 is 60.7 Å². The largest absolute Gasteiger partial charge is 0.508 e. The maximum atomic E-state index is 13.3. The summed E-state index contributed by atoms with van der Waals surface area (Å²) in [7, 11) is 7.09. The topological polar surface area (TPSA) is 186 Å². The molecule has 412 valence electrons. The molecule has 6 aliphatic heterocycles. The quantitative estimate of drug-likeness (QED) is 0.0674. The minimum Gasteiger partial charge on any atom is -0.508 e. The van der Waals surface area contributed by atoms with Crippen LogP contribution >= 0.6 is 21.6 Å². The third-order valence-electron chi connectivity index (χ3n) is 18.5. The number of esters is 1. The molecule has 12 atom stereocenters. The van der Waals surface area contributed by atoms with Crippen LogP contribution in [-0.2, 0) is 32.6 Å². The average molecular weight is 1100 g/mol. The Morgan fingerprint density at radius 3 is 2.71 bits per heavy atom. The molecule has 13 nitrogen and oxygen atoms in total. The molecule has 15 heteroatoms. The Morgan fingerprint density at radius 1 is 1.01 bits per heavy atom. The van der Waals surface area contributed by atoms with Crippen molar-refractivity contribution in [1.29, 1.82) is 0 Å². The standard InChI is InChI=1S/C63H74N4O9S2/c1-5-37-22-40-20-35-18-19-63(25-35)26-41-23-44(70)24-52(73-4)54(41)46-14-13-45-49(31-74-34(2)69)59(76-60(45)57(46)63)56-47-15-17-51-53(33-78-77-32-36-8-6-11-43(21-36)66-51)75-61(47)58(71)48-28-65-27-42(29-68)39(30-72-3)10-7-9-38(55(48)56)12-16-50(40)67-62(37)64/h13-15,17,22-24,35-36,38-39,42-43,49,51,53,59,62,65-68,70-71H,5-6,8,10-11,18-21,25-33,64H2,1-4H3. The summed E-state index contributed by atoms with van der Waals surface area (Å²) in [4.78, 5) is 13.1. The molecular formula is C63H74N4O9S2. The molecule has 0 aromatic heterocycles. The molecule has 0 amide bonds. The Kier molecular flexibility index (Phi) is 15.3. The van der Waals surface area contributed by atoms with Gasteiger partial charge in [0.25, 0.3) is 0 Å². The Labute approximate surface area is 467 Å². The van der Waals surface area contributed by atoms with Crippen molar-refractivity contribution in [1.82, 2.24) is 16.0 Å². The minimum atomic E-state index is -0.792. The van der Waals surface area contributed by atoms with E-state index in [0.29, 0.717) is 71.9 Å². The summed E-state index contributed by atoms with van der Waals surface area (Å²) in [6.45, 7) is 4.57. The number of aliphatic hydroxyl groups excluding tert-OH is 1. The lowest BCUT2D eigenvalue weighted by atomic mass is 9.65. The van der Waals surface area contributed by atoms with Crippen LogP contribution in [0.5, 0.6) is 28.7 Å². The van der Waals surface area contributed by atoms with Crippen molar-refractivity contribution in [2.75, 3.05) is 52.1 Å². The van der Waals surface area contributed by atoms with Crippen LogP contribution in [0.4, 0.5) is 0 Å². The fourth-order valence-electron chi connectivity index (χ4n) is 14.8. The van der Waals surface area contributed by atoms with Crippen LogP contribution in [0.3, 0.4) is 0 Å². The number of hydrogen-bond donors (Lipinski definition) is 7. The van der Waals surface area contributed by atoms with Gasteiger partial charge in [-0.15, -0.1) is 5.92 Å². The first-order chi connectivity index (χ1) is 38.0. The van der Waals surface area contributed by atoms with Gasteiger partial charge in [0, 0.05) is 108 Å². The van der Waals surface area contributed by atoms with Crippen molar-refractivity contribution in [2.45, 2.75) is 139 Å². The van der Waals surface area contributed by atoms with Crippen molar-refractivity contribution in [3.05, 3.63) is 92.2 Å². The lowest BCUT2D eigenvalue weighted by molar-refractivity contribution is -0.141. The molecule has 78 heavy (non-hydrogen) atoms. The van der Waals surface area contributed by atoms with Crippen LogP contribution in [0.2, 0.25) is 0 Å². The van der Waals surface area contributed by atoms with Crippen LogP contribution in [0.25, 0.3) is 17.2 Å². The summed E-state index contributed by atoms with van der Waals surface area (Å²) >= 11 is 0. The predicted octanol–water partition coefficient (Wildman–Crippen LogP) is 9.17. The monoisotopic (exact) mass is 1090 g/mol. The van der Waals surface area contributed by atoms with E-state index in [1.54, 1.807) is 20.3 Å². The van der Waals surface area contributed by atoms with E-state index in [4.69, 9.17) is 29.4 Å². The molecule has 12 rings (SSSR count). The SMILES string of the molecule is CCC1=CC2=C(C#CC3C#CCC(COC)C(CO)CNCc4c(O)c5c(c(c43)C3Oc4c(ccc6c4C4(CCC(C2)C4)Cc2cc(O)cc(OC)c2-6)C3COC(C)=O)C=CC2NC3CCCC(CSSCC2O5)C3)NC1N. The lowest BCUT2D eigenvalue weighted by Gasteiger charge is -2.39. The van der Waals surface area contributed by atoms with Gasteiger partial charge in [0.1, 0.15) is 42.0 Å². The summed E-state index contributed by atoms with van der Waals surface area (Å²) in [5.74, 6) is 17.3. The van der Waals surface area contributed by atoms with E-state index in [0.717, 1.165) is 107 Å². The van der Waals surface area contributed by atoms with Crippen molar-refractivity contribution < 1.29 is 43.8 Å². The second kappa shape index (κ2) is 22.4. The molecule has 1 spiro atoms. The Balaban J connectivity index is 1.16. The maximum absolute atomic E-state index is 13.3. The number of phenols is 2. The highest BCUT2D eigenvalue weighted by Crippen LogP contribution is 2.64. The van der Waals surface area contributed by atoms with Gasteiger partial charge in [-0.3, -0.25) is 4.79 Å². The van der Waals surface area contributed by atoms with Crippen LogP contribution in [0.1, 0.15) is 135 Å². The number of aliphatic hydroxyl groups is 1. The number of aromatic hydroxyl groups is 2. The van der Waals surface area contributed by atoms with Gasteiger partial charge in [0.2, 0.25) is 0 Å². The summed E-state index contributed by atoms with van der Waals surface area (Å²) in [5, 5.41) is 46.8. The van der Waals surface area contributed by atoms with Gasteiger partial charge >= 0.3 is 5.97 Å². The summed E-state index contributed by atoms with van der Waals surface area (Å²) < 4.78 is 33.3. The fraction of sp³-hybridized carbons (Fsp3) is 0.540. The normalized spacial score (nSPS) is 31.4. The predicted molar refractivity (Wildman–Crippen MR) is 306 cm³/mol. The number of allylic oxidation sites excluding steroid dienone is 3. The molecule has 6 heterocycles. The number of rotatable bonds is 7. The van der Waals surface area contributed by atoms with Gasteiger partial charge in [-0.1, -0.05) is 77.1 Å². The number of phenolic OH excluding ortho intramolecular Hbond substituents is 2. The van der Waals surface area contributed by atoms with Crippen molar-refractivity contribution in [2.24, 2.45) is 29.4 Å². The molecule has 2 saturated carbocycles. The van der Waals surface area contributed by atoms with Crippen molar-refractivity contribution >= 4 is 33.6 Å². The first-order valence-corrected chi connectivity index (χ1v) is 30.9. The number of carbonyl (C=O) groups excluding carboxylic acids is 1. The number of fused-ring (bicyclic) bond motifs is 10. The van der Waals surface area contributed by atoms with Crippen molar-refractivity contribution in [3.8, 4) is 63.6 Å². The number of dihydropyridines is 1. The van der Waals surface area contributed by atoms with Gasteiger partial charge in [-0.05, 0) is 115 Å². The van der Waals surface area contributed by atoms with E-state index < -0.39 is 35.5 Å². The van der Waals surface area contributed by atoms with E-state index in [1.807, 2.05) is 27.7 Å². The minimum absolute atomic E-state index is 0.00895. The van der Waals surface area contributed by atoms with Gasteiger partial charge in [0.05, 0.1) is 37.5 Å². The Morgan fingerprint density at radius 2 is 1.88 bits per heavy atom. The highest BCUT2D eigenvalue weighted by atomic mass is 33.1. The number of benzene rings is 3. The maximum Gasteiger partial charge on any atom is 0.302 e. The van der Waals surface area contributed by atoms with Crippen molar-refractivity contribution in [3.63, 3.8) is 0 Å². The molecule has 1 saturated heterocycles. The zero-order valence-corrected chi connectivity index (χ0v) is 46.9. The molecule has 3 aromatic rings. The van der Waals surface area contributed by atoms with Gasteiger partial charge in [-0.2, -0.15) is 0 Å². The van der Waals surface area contributed by atoms with E-state index in [-0.39, 0.29) is 61.2 Å². The molecule has 9 aliphatic rings. The molecule has 0 radical (unpaired) electrons. The zero-order chi connectivity index (χ0) is 53.8. The van der Waals surface area contributed by atoms with Crippen LogP contribution in [0.15, 0.2) is 53.3 Å². The second-order valence-corrected chi connectivity index (χ2v) is 25.9. The average Bonchev–Trinajstić information content (AvgIpc) is 4.12. The second-order valence-electron chi connectivity index (χ2n) is 23.3. The number of carbonyl (C=O) groups is 1. The fourth-order valence-corrected chi connectivity index (χ4v) is 17.4. The third-order valence-corrected chi connectivity index (χ3v) is 21.1. The highest BCUT2D eigenvalue weighted by molar-refractivity contribution is 8.76. The lowest BCUT2D eigenvalue weighted by Crippen LogP contribution is -2.49. The highest BCUT2D eigenvalue weighted by Gasteiger charge is 2.52. The third kappa shape index (κ3) is 9.88. The molecule has 3 aliphatic carbocycles. The van der Waals surface area contributed by atoms with Crippen LogP contribution < -0.4 is 35.9 Å². The number of ether oxygens (including phenoxy) is 5. The van der Waals surface area contributed by atoms with E-state index in [2.05, 4.69) is 76.9 Å². The van der Waals surface area contributed by atoms with E-state index >= 15 is 0 Å². The molecule has 3 aromatic carbocycles. The van der Waals surface area contributed by atoms with E-state index in [9.17, 15) is 20.1 Å². The van der Waals surface area contributed by atoms with Gasteiger partial charge in [0.15, 0.2) is 11.5 Å². The molecule has 6 bridgehead atoms. The number of hydrogen-bond acceptors (Lipinski definition) is 15. The number of methoxy groups -OCH3 is 2. The molecule has 12 unspecified atom stereocenters. The first-order valence-electron chi connectivity index (χ1n) is 28.4. The number of nitrogens with one attached hydrogen (secondary N) is 3. The summed E-state index contributed by atoms with van der Waals surface area (Å²) in [6.07, 6.45) is 15.1. The van der Waals surface area contributed by atoms with Crippen LogP contribution in [-0.4, -0.2) is 97.7 Å². The number of nitrogens with two attached hydrogens (primary N) is 1. The zero-order valence-electron chi connectivity index (χ0n) is 45.3. The smallest absolute Gasteiger partial charge is 0.302 e. The summed E-state index contributed by atoms with van der Waals surface area (Å²) in [5.41, 5.74) is 17.3. The molecule has 3 fully saturated rings. The Bertz CT molecular complexity index is 3100.